The van der Waals surface area contributed by atoms with Crippen molar-refractivity contribution in [3.63, 3.8) is 0 Å². The summed E-state index contributed by atoms with van der Waals surface area (Å²) in [6.07, 6.45) is 8.09. The number of hydrogen-bond acceptors (Lipinski definition) is 4. The van der Waals surface area contributed by atoms with Gasteiger partial charge in [0.05, 0.1) is 6.54 Å². The molecule has 1 N–H and O–H groups in total. The molecule has 1 spiro atoms. The maximum absolute atomic E-state index is 4.63. The molecule has 2 aliphatic rings. The van der Waals surface area contributed by atoms with Crippen molar-refractivity contribution in [3.05, 3.63) is 40.1 Å². The number of aryl methyl sites for hydroxylation is 2. The number of thiophene rings is 1. The van der Waals surface area contributed by atoms with E-state index < -0.39 is 0 Å². The van der Waals surface area contributed by atoms with Gasteiger partial charge in [0.1, 0.15) is 5.82 Å². The van der Waals surface area contributed by atoms with Crippen molar-refractivity contribution in [1.29, 1.82) is 0 Å². The van der Waals surface area contributed by atoms with Crippen LogP contribution in [0.4, 0.5) is 0 Å². The van der Waals surface area contributed by atoms with Crippen LogP contribution in [0.3, 0.4) is 0 Å². The van der Waals surface area contributed by atoms with Gasteiger partial charge in [0.25, 0.3) is 0 Å². The number of piperidine rings is 1. The van der Waals surface area contributed by atoms with Gasteiger partial charge in [0.2, 0.25) is 0 Å². The molecular weight excluding hydrogens is 316 g/mol. The second-order valence-electron chi connectivity index (χ2n) is 7.39. The van der Waals surface area contributed by atoms with Crippen LogP contribution in [0.15, 0.2) is 23.8 Å². The summed E-state index contributed by atoms with van der Waals surface area (Å²) >= 11 is 1.90. The Bertz CT molecular complexity index is 683. The Morgan fingerprint density at radius 1 is 1.38 bits per heavy atom. The fraction of sp³-hybridized carbons (Fsp3) is 0.632. The molecule has 2 aromatic rings. The predicted octanol–water partition coefficient (Wildman–Crippen LogP) is 3.42. The molecule has 0 aromatic carbocycles. The molecule has 4 rings (SSSR count). The lowest BCUT2D eigenvalue weighted by Gasteiger charge is -2.29. The molecular formula is C19H28N4S. The fourth-order valence-corrected chi connectivity index (χ4v) is 5.22. The minimum Gasteiger partial charge on any atom is -0.334 e. The average molecular weight is 345 g/mol. The van der Waals surface area contributed by atoms with Crippen LogP contribution in [-0.4, -0.2) is 33.6 Å². The lowest BCUT2D eigenvalue weighted by Crippen LogP contribution is -2.36. The third-order valence-corrected chi connectivity index (χ3v) is 7.00. The number of rotatable bonds is 6. The summed E-state index contributed by atoms with van der Waals surface area (Å²) in [6, 6.07) is 2.97. The fourth-order valence-electron chi connectivity index (χ4n) is 4.29. The summed E-state index contributed by atoms with van der Waals surface area (Å²) in [6.45, 7) is 9.85. The van der Waals surface area contributed by atoms with E-state index in [2.05, 4.69) is 51.3 Å². The third kappa shape index (κ3) is 3.05. The molecule has 130 valence electrons. The van der Waals surface area contributed by atoms with Crippen molar-refractivity contribution < 1.29 is 0 Å². The Morgan fingerprint density at radius 3 is 2.92 bits per heavy atom. The number of aromatic nitrogens is 2. The van der Waals surface area contributed by atoms with E-state index in [4.69, 9.17) is 0 Å². The molecule has 1 saturated heterocycles. The molecule has 0 unspecified atom stereocenters. The highest BCUT2D eigenvalue weighted by atomic mass is 32.1. The van der Waals surface area contributed by atoms with Gasteiger partial charge in [-0.15, -0.1) is 11.3 Å². The van der Waals surface area contributed by atoms with Gasteiger partial charge in [-0.05, 0) is 68.6 Å². The monoisotopic (exact) mass is 344 g/mol. The second kappa shape index (κ2) is 6.62. The Morgan fingerprint density at radius 2 is 2.21 bits per heavy atom. The van der Waals surface area contributed by atoms with Crippen LogP contribution in [0, 0.1) is 12.3 Å². The first-order valence-electron chi connectivity index (χ1n) is 9.19. The van der Waals surface area contributed by atoms with Crippen molar-refractivity contribution in [3.8, 4) is 0 Å². The van der Waals surface area contributed by atoms with Gasteiger partial charge in [0, 0.05) is 36.4 Å². The Hall–Kier alpha value is -1.17. The molecule has 1 aliphatic heterocycles. The Labute approximate surface area is 148 Å². The van der Waals surface area contributed by atoms with E-state index in [1.54, 1.807) is 0 Å². The minimum atomic E-state index is 0.569. The highest BCUT2D eigenvalue weighted by Gasteiger charge is 2.56. The first-order valence-corrected chi connectivity index (χ1v) is 10.1. The summed E-state index contributed by atoms with van der Waals surface area (Å²) in [5.74, 6) is 1.21. The summed E-state index contributed by atoms with van der Waals surface area (Å²) in [5, 5.41) is 5.75. The van der Waals surface area contributed by atoms with E-state index >= 15 is 0 Å². The van der Waals surface area contributed by atoms with Crippen molar-refractivity contribution in [2.24, 2.45) is 5.41 Å². The normalized spacial score (nSPS) is 22.4. The van der Waals surface area contributed by atoms with Gasteiger partial charge in [-0.3, -0.25) is 4.90 Å². The molecule has 4 nitrogen and oxygen atoms in total. The first-order chi connectivity index (χ1) is 11.7. The number of imidazole rings is 1. The van der Waals surface area contributed by atoms with Crippen molar-refractivity contribution >= 4 is 11.3 Å². The summed E-state index contributed by atoms with van der Waals surface area (Å²) in [5.41, 5.74) is 2.00. The highest BCUT2D eigenvalue weighted by molar-refractivity contribution is 7.10. The Balaban J connectivity index is 1.54. The van der Waals surface area contributed by atoms with Crippen LogP contribution in [0.2, 0.25) is 0 Å². The molecule has 1 aliphatic carbocycles. The topological polar surface area (TPSA) is 33.1 Å². The molecule has 3 heterocycles. The largest absolute Gasteiger partial charge is 0.334 e. The van der Waals surface area contributed by atoms with Crippen molar-refractivity contribution in [2.45, 2.75) is 58.8 Å². The number of nitrogens with one attached hydrogen (secondary N) is 1. The highest BCUT2D eigenvalue weighted by Crippen LogP contribution is 2.56. The molecule has 0 radical (unpaired) electrons. The van der Waals surface area contributed by atoms with E-state index in [-0.39, 0.29) is 0 Å². The molecule has 2 aromatic heterocycles. The smallest absolute Gasteiger partial charge is 0.122 e. The van der Waals surface area contributed by atoms with E-state index in [0.29, 0.717) is 5.41 Å². The SMILES string of the molecule is CCn1ccnc1CN(Cc1sccc1C)[C@H]1CC12CCNCC2. The molecule has 2 fully saturated rings. The zero-order valence-corrected chi connectivity index (χ0v) is 15.6. The van der Waals surface area contributed by atoms with Crippen LogP contribution < -0.4 is 5.32 Å². The lowest BCUT2D eigenvalue weighted by molar-refractivity contribution is 0.183. The van der Waals surface area contributed by atoms with Crippen LogP contribution in [0.5, 0.6) is 0 Å². The number of nitrogens with zero attached hydrogens (tertiary/aromatic N) is 3. The van der Waals surface area contributed by atoms with Gasteiger partial charge in [-0.25, -0.2) is 4.98 Å². The molecule has 0 amide bonds. The van der Waals surface area contributed by atoms with Gasteiger partial charge < -0.3 is 9.88 Å². The molecule has 1 atom stereocenters. The van der Waals surface area contributed by atoms with Crippen molar-refractivity contribution in [2.75, 3.05) is 13.1 Å². The second-order valence-corrected chi connectivity index (χ2v) is 8.39. The zero-order chi connectivity index (χ0) is 16.6. The molecule has 0 bridgehead atoms. The molecule has 5 heteroatoms. The average Bonchev–Trinajstić information content (AvgIpc) is 2.94. The quantitative estimate of drug-likeness (QED) is 0.872. The van der Waals surface area contributed by atoms with Gasteiger partial charge in [-0.2, -0.15) is 0 Å². The Kier molecular flexibility index (Phi) is 4.50. The summed E-state index contributed by atoms with van der Waals surface area (Å²) < 4.78 is 2.28. The number of hydrogen-bond donors (Lipinski definition) is 1. The maximum Gasteiger partial charge on any atom is 0.122 e. The van der Waals surface area contributed by atoms with E-state index in [1.165, 1.54) is 48.6 Å². The maximum atomic E-state index is 4.63. The lowest BCUT2D eigenvalue weighted by atomic mass is 9.93. The minimum absolute atomic E-state index is 0.569. The molecule has 24 heavy (non-hydrogen) atoms. The van der Waals surface area contributed by atoms with Gasteiger partial charge in [0.15, 0.2) is 0 Å². The summed E-state index contributed by atoms with van der Waals surface area (Å²) in [7, 11) is 0. The van der Waals surface area contributed by atoms with E-state index in [1.807, 2.05) is 17.5 Å². The standard InChI is InChI=1S/C19H28N4S/c1-3-22-10-9-21-18(22)14-23(13-16-15(2)4-11-24-16)17-12-19(17)5-7-20-8-6-19/h4,9-11,17,20H,3,5-8,12-14H2,1-2H3/t17-/m0/s1. The van der Waals surface area contributed by atoms with E-state index in [9.17, 15) is 0 Å². The van der Waals surface area contributed by atoms with E-state index in [0.717, 1.165) is 25.7 Å². The predicted molar refractivity (Wildman–Crippen MR) is 99.1 cm³/mol. The zero-order valence-electron chi connectivity index (χ0n) is 14.8. The third-order valence-electron chi connectivity index (χ3n) is 5.99. The molecule has 1 saturated carbocycles. The van der Waals surface area contributed by atoms with Crippen LogP contribution in [0.1, 0.15) is 42.5 Å². The van der Waals surface area contributed by atoms with Gasteiger partial charge in [-0.1, -0.05) is 0 Å². The van der Waals surface area contributed by atoms with Crippen LogP contribution >= 0.6 is 11.3 Å². The van der Waals surface area contributed by atoms with Gasteiger partial charge >= 0.3 is 0 Å². The van der Waals surface area contributed by atoms with Crippen molar-refractivity contribution in [1.82, 2.24) is 19.8 Å². The van der Waals surface area contributed by atoms with Crippen LogP contribution in [0.25, 0.3) is 0 Å². The summed E-state index contributed by atoms with van der Waals surface area (Å²) in [4.78, 5) is 8.86. The first kappa shape index (κ1) is 16.3. The van der Waals surface area contributed by atoms with Crippen LogP contribution in [-0.2, 0) is 19.6 Å².